The molecule has 0 atom stereocenters. The summed E-state index contributed by atoms with van der Waals surface area (Å²) in [6.45, 7) is 2.32. The van der Waals surface area contributed by atoms with E-state index in [-0.39, 0.29) is 12.5 Å². The maximum absolute atomic E-state index is 11.8. The molecule has 0 bridgehead atoms. The van der Waals surface area contributed by atoms with Gasteiger partial charge in [0.2, 0.25) is 0 Å². The van der Waals surface area contributed by atoms with Crippen LogP contribution in [0.25, 0.3) is 0 Å². The zero-order valence-corrected chi connectivity index (χ0v) is 11.4. The lowest BCUT2D eigenvalue weighted by Crippen LogP contribution is -2.39. The molecular weight excluding hydrogens is 240 g/mol. The van der Waals surface area contributed by atoms with E-state index in [4.69, 9.17) is 10.5 Å². The highest BCUT2D eigenvalue weighted by atomic mass is 16.5. The first kappa shape index (κ1) is 13.7. The van der Waals surface area contributed by atoms with Crippen molar-refractivity contribution in [3.8, 4) is 5.75 Å². The van der Waals surface area contributed by atoms with Crippen molar-refractivity contribution in [3.05, 3.63) is 24.3 Å². The number of amides is 1. The van der Waals surface area contributed by atoms with Crippen molar-refractivity contribution in [2.75, 3.05) is 12.3 Å². The second-order valence-electron chi connectivity index (χ2n) is 5.39. The molecular formula is C15H22N2O2. The Hall–Kier alpha value is -1.71. The topological polar surface area (TPSA) is 64.3 Å². The van der Waals surface area contributed by atoms with Gasteiger partial charge in [-0.1, -0.05) is 13.0 Å². The van der Waals surface area contributed by atoms with Crippen LogP contribution in [-0.4, -0.2) is 18.6 Å². The SMILES string of the molecule is CC1CCC(NC(=O)COc2cccc(N)c2)CC1. The fourth-order valence-electron chi connectivity index (χ4n) is 2.43. The fourth-order valence-corrected chi connectivity index (χ4v) is 2.43. The zero-order chi connectivity index (χ0) is 13.7. The van der Waals surface area contributed by atoms with Crippen LogP contribution in [0.3, 0.4) is 0 Å². The Morgan fingerprint density at radius 1 is 1.37 bits per heavy atom. The highest BCUT2D eigenvalue weighted by molar-refractivity contribution is 5.77. The molecule has 1 fully saturated rings. The van der Waals surface area contributed by atoms with Gasteiger partial charge in [-0.25, -0.2) is 0 Å². The van der Waals surface area contributed by atoms with Crippen molar-refractivity contribution in [2.24, 2.45) is 5.92 Å². The van der Waals surface area contributed by atoms with E-state index in [1.54, 1.807) is 18.2 Å². The molecule has 3 N–H and O–H groups in total. The summed E-state index contributed by atoms with van der Waals surface area (Å²) in [7, 11) is 0. The molecule has 0 saturated heterocycles. The minimum absolute atomic E-state index is 0.0511. The van der Waals surface area contributed by atoms with Crippen molar-refractivity contribution in [3.63, 3.8) is 0 Å². The lowest BCUT2D eigenvalue weighted by molar-refractivity contribution is -0.124. The van der Waals surface area contributed by atoms with Crippen LogP contribution >= 0.6 is 0 Å². The molecule has 1 aliphatic carbocycles. The van der Waals surface area contributed by atoms with E-state index in [0.717, 1.165) is 18.8 Å². The number of nitrogen functional groups attached to an aromatic ring is 1. The third kappa shape index (κ3) is 4.47. The van der Waals surface area contributed by atoms with Gasteiger partial charge in [0.1, 0.15) is 5.75 Å². The van der Waals surface area contributed by atoms with Crippen molar-refractivity contribution in [1.29, 1.82) is 0 Å². The maximum Gasteiger partial charge on any atom is 0.258 e. The predicted octanol–water partition coefficient (Wildman–Crippen LogP) is 2.34. The van der Waals surface area contributed by atoms with Crippen LogP contribution in [0.1, 0.15) is 32.6 Å². The summed E-state index contributed by atoms with van der Waals surface area (Å²) in [5.74, 6) is 1.37. The molecule has 0 aromatic heterocycles. The number of ether oxygens (including phenoxy) is 1. The highest BCUT2D eigenvalue weighted by Gasteiger charge is 2.19. The van der Waals surface area contributed by atoms with Crippen LogP contribution in [0.15, 0.2) is 24.3 Å². The molecule has 1 saturated carbocycles. The van der Waals surface area contributed by atoms with Crippen LogP contribution in [0, 0.1) is 5.92 Å². The summed E-state index contributed by atoms with van der Waals surface area (Å²) < 4.78 is 5.42. The first-order valence-electron chi connectivity index (χ1n) is 6.91. The van der Waals surface area contributed by atoms with Crippen molar-refractivity contribution in [1.82, 2.24) is 5.32 Å². The Labute approximate surface area is 114 Å². The average Bonchev–Trinajstić information content (AvgIpc) is 2.39. The number of benzene rings is 1. The summed E-state index contributed by atoms with van der Waals surface area (Å²) in [4.78, 5) is 11.8. The number of nitrogens with two attached hydrogens (primary N) is 1. The van der Waals surface area contributed by atoms with Crippen molar-refractivity contribution < 1.29 is 9.53 Å². The normalized spacial score (nSPS) is 22.8. The van der Waals surface area contributed by atoms with Crippen LogP contribution in [-0.2, 0) is 4.79 Å². The third-order valence-electron chi connectivity index (χ3n) is 3.61. The number of carbonyl (C=O) groups excluding carboxylic acids is 1. The number of nitrogens with one attached hydrogen (secondary N) is 1. The third-order valence-corrected chi connectivity index (χ3v) is 3.61. The van der Waals surface area contributed by atoms with E-state index in [1.807, 2.05) is 6.07 Å². The number of rotatable bonds is 4. The lowest BCUT2D eigenvalue weighted by atomic mass is 9.87. The van der Waals surface area contributed by atoms with Crippen LogP contribution in [0.5, 0.6) is 5.75 Å². The van der Waals surface area contributed by atoms with Crippen LogP contribution in [0.4, 0.5) is 5.69 Å². The van der Waals surface area contributed by atoms with E-state index >= 15 is 0 Å². The Kier molecular flexibility index (Phi) is 4.66. The van der Waals surface area contributed by atoms with E-state index in [9.17, 15) is 4.79 Å². The van der Waals surface area contributed by atoms with Crippen molar-refractivity contribution in [2.45, 2.75) is 38.6 Å². The van der Waals surface area contributed by atoms with Gasteiger partial charge in [-0.3, -0.25) is 4.79 Å². The van der Waals surface area contributed by atoms with Gasteiger partial charge in [0.05, 0.1) is 0 Å². The Balaban J connectivity index is 1.73. The molecule has 0 radical (unpaired) electrons. The molecule has 1 aromatic carbocycles. The second-order valence-corrected chi connectivity index (χ2v) is 5.39. The fraction of sp³-hybridized carbons (Fsp3) is 0.533. The number of carbonyl (C=O) groups is 1. The van der Waals surface area contributed by atoms with E-state index in [1.165, 1.54) is 12.8 Å². The van der Waals surface area contributed by atoms with Crippen molar-refractivity contribution >= 4 is 11.6 Å². The van der Waals surface area contributed by atoms with Gasteiger partial charge in [0.15, 0.2) is 6.61 Å². The lowest BCUT2D eigenvalue weighted by Gasteiger charge is -2.26. The molecule has 2 rings (SSSR count). The first-order valence-corrected chi connectivity index (χ1v) is 6.91. The summed E-state index contributed by atoms with van der Waals surface area (Å²) >= 11 is 0. The zero-order valence-electron chi connectivity index (χ0n) is 11.4. The van der Waals surface area contributed by atoms with Gasteiger partial charge < -0.3 is 15.8 Å². The molecule has 0 aliphatic heterocycles. The average molecular weight is 262 g/mol. The molecule has 1 aromatic rings. The molecule has 4 nitrogen and oxygen atoms in total. The minimum atomic E-state index is -0.0537. The summed E-state index contributed by atoms with van der Waals surface area (Å²) in [6, 6.07) is 7.43. The molecule has 0 heterocycles. The van der Waals surface area contributed by atoms with E-state index in [0.29, 0.717) is 17.5 Å². The Bertz CT molecular complexity index is 426. The van der Waals surface area contributed by atoms with Gasteiger partial charge in [-0.15, -0.1) is 0 Å². The predicted molar refractivity (Wildman–Crippen MR) is 75.9 cm³/mol. The molecule has 4 heteroatoms. The number of hydrogen-bond donors (Lipinski definition) is 2. The molecule has 0 spiro atoms. The Morgan fingerprint density at radius 3 is 2.79 bits per heavy atom. The second kappa shape index (κ2) is 6.45. The summed E-state index contributed by atoms with van der Waals surface area (Å²) in [6.07, 6.45) is 4.54. The van der Waals surface area contributed by atoms with E-state index in [2.05, 4.69) is 12.2 Å². The van der Waals surface area contributed by atoms with Gasteiger partial charge in [-0.05, 0) is 43.7 Å². The van der Waals surface area contributed by atoms with Gasteiger partial charge in [0, 0.05) is 17.8 Å². The van der Waals surface area contributed by atoms with Crippen LogP contribution in [0.2, 0.25) is 0 Å². The largest absolute Gasteiger partial charge is 0.484 e. The standard InChI is InChI=1S/C15H22N2O2/c1-11-5-7-13(8-6-11)17-15(18)10-19-14-4-2-3-12(16)9-14/h2-4,9,11,13H,5-8,10,16H2,1H3,(H,17,18). The summed E-state index contributed by atoms with van der Waals surface area (Å²) in [5, 5.41) is 3.03. The first-order chi connectivity index (χ1) is 9.13. The highest BCUT2D eigenvalue weighted by Crippen LogP contribution is 2.23. The number of hydrogen-bond acceptors (Lipinski definition) is 3. The van der Waals surface area contributed by atoms with E-state index < -0.39 is 0 Å². The molecule has 1 aliphatic rings. The quantitative estimate of drug-likeness (QED) is 0.819. The molecule has 19 heavy (non-hydrogen) atoms. The maximum atomic E-state index is 11.8. The number of anilines is 1. The minimum Gasteiger partial charge on any atom is -0.484 e. The van der Waals surface area contributed by atoms with Gasteiger partial charge in [0.25, 0.3) is 5.91 Å². The molecule has 1 amide bonds. The monoisotopic (exact) mass is 262 g/mol. The van der Waals surface area contributed by atoms with Crippen LogP contribution < -0.4 is 15.8 Å². The molecule has 104 valence electrons. The Morgan fingerprint density at radius 2 is 2.11 bits per heavy atom. The summed E-state index contributed by atoms with van der Waals surface area (Å²) in [5.41, 5.74) is 6.28. The van der Waals surface area contributed by atoms with Gasteiger partial charge >= 0.3 is 0 Å². The molecule has 0 unspecified atom stereocenters. The smallest absolute Gasteiger partial charge is 0.258 e. The van der Waals surface area contributed by atoms with Gasteiger partial charge in [-0.2, -0.15) is 0 Å².